The normalized spacial score (nSPS) is 32.4. The van der Waals surface area contributed by atoms with Crippen LogP contribution in [0, 0.1) is 11.3 Å². The van der Waals surface area contributed by atoms with Gasteiger partial charge in [0, 0.05) is 43.7 Å². The van der Waals surface area contributed by atoms with Crippen molar-refractivity contribution in [2.24, 2.45) is 11.3 Å². The number of pyridine rings is 1. The summed E-state index contributed by atoms with van der Waals surface area (Å²) in [5, 5.41) is 0. The topological polar surface area (TPSA) is 50.3 Å². The van der Waals surface area contributed by atoms with E-state index in [2.05, 4.69) is 4.98 Å². The van der Waals surface area contributed by atoms with Gasteiger partial charge in [-0.05, 0) is 24.0 Å². The molecule has 0 bridgehead atoms. The van der Waals surface area contributed by atoms with Gasteiger partial charge in [0.1, 0.15) is 5.78 Å². The van der Waals surface area contributed by atoms with Crippen LogP contribution in [0.1, 0.15) is 43.0 Å². The number of carbonyl (C=O) groups is 2. The summed E-state index contributed by atoms with van der Waals surface area (Å²) in [6, 6.07) is 1.02. The lowest BCUT2D eigenvalue weighted by Crippen LogP contribution is -2.40. The first-order valence-electron chi connectivity index (χ1n) is 8.10. The number of ketones is 1. The highest BCUT2D eigenvalue weighted by Gasteiger charge is 2.60. The third-order valence-corrected chi connectivity index (χ3v) is 6.03. The molecule has 7 heteroatoms. The Morgan fingerprint density at radius 1 is 1.33 bits per heavy atom. The van der Waals surface area contributed by atoms with Gasteiger partial charge in [0.25, 0.3) is 0 Å². The van der Waals surface area contributed by atoms with Crippen molar-refractivity contribution in [3.8, 4) is 0 Å². The Bertz CT molecular complexity index is 746. The summed E-state index contributed by atoms with van der Waals surface area (Å²) < 4.78 is 38.7. The van der Waals surface area contributed by atoms with Crippen molar-refractivity contribution in [1.29, 1.82) is 0 Å². The number of Topliss-reactive ketones (excluding diaryl/α,β-unsaturated/α-hetero) is 1. The van der Waals surface area contributed by atoms with Crippen molar-refractivity contribution in [3.63, 3.8) is 0 Å². The largest absolute Gasteiger partial charge is 0.417 e. The van der Waals surface area contributed by atoms with Crippen LogP contribution in [0.25, 0.3) is 0 Å². The summed E-state index contributed by atoms with van der Waals surface area (Å²) in [4.78, 5) is 30.4. The second kappa shape index (κ2) is 4.80. The van der Waals surface area contributed by atoms with Crippen LogP contribution in [-0.2, 0) is 28.7 Å². The molecule has 1 aromatic heterocycles. The summed E-state index contributed by atoms with van der Waals surface area (Å²) in [7, 11) is 0. The zero-order valence-electron chi connectivity index (χ0n) is 13.2. The van der Waals surface area contributed by atoms with Gasteiger partial charge >= 0.3 is 6.18 Å². The fourth-order valence-corrected chi connectivity index (χ4v) is 4.60. The molecule has 3 heterocycles. The van der Waals surface area contributed by atoms with Crippen molar-refractivity contribution in [1.82, 2.24) is 9.88 Å². The van der Waals surface area contributed by atoms with Gasteiger partial charge in [0.05, 0.1) is 11.0 Å². The summed E-state index contributed by atoms with van der Waals surface area (Å²) in [6.45, 7) is 2.13. The van der Waals surface area contributed by atoms with E-state index in [-0.39, 0.29) is 36.6 Å². The number of amides is 1. The Morgan fingerprint density at radius 2 is 2.08 bits per heavy atom. The van der Waals surface area contributed by atoms with Crippen LogP contribution in [0.4, 0.5) is 13.2 Å². The number of alkyl halides is 3. The van der Waals surface area contributed by atoms with E-state index in [0.29, 0.717) is 30.5 Å². The van der Waals surface area contributed by atoms with E-state index < -0.39 is 17.2 Å². The number of nitrogens with zero attached hydrogens (tertiary/aromatic N) is 2. The number of aromatic nitrogens is 1. The van der Waals surface area contributed by atoms with Crippen LogP contribution < -0.4 is 0 Å². The lowest BCUT2D eigenvalue weighted by Gasteiger charge is -2.33. The average molecular weight is 338 g/mol. The summed E-state index contributed by atoms with van der Waals surface area (Å²) in [5.41, 5.74) is -0.352. The Balaban J connectivity index is 1.70. The zero-order valence-corrected chi connectivity index (χ0v) is 13.2. The fourth-order valence-electron chi connectivity index (χ4n) is 4.60. The predicted molar refractivity (Wildman–Crippen MR) is 77.7 cm³/mol. The summed E-state index contributed by atoms with van der Waals surface area (Å²) in [5.74, 6) is 0.0349. The van der Waals surface area contributed by atoms with Gasteiger partial charge in [-0.3, -0.25) is 14.6 Å². The first kappa shape index (κ1) is 15.6. The van der Waals surface area contributed by atoms with Crippen LogP contribution in [0.3, 0.4) is 0 Å². The van der Waals surface area contributed by atoms with Crippen molar-refractivity contribution in [2.45, 2.75) is 51.4 Å². The monoisotopic (exact) mass is 338 g/mol. The van der Waals surface area contributed by atoms with Gasteiger partial charge in [0.2, 0.25) is 5.91 Å². The molecule has 128 valence electrons. The smallest absolute Gasteiger partial charge is 0.334 e. The third kappa shape index (κ3) is 2.03. The lowest BCUT2D eigenvalue weighted by molar-refractivity contribution is -0.138. The van der Waals surface area contributed by atoms with Gasteiger partial charge in [-0.25, -0.2) is 0 Å². The molecule has 1 aliphatic carbocycles. The van der Waals surface area contributed by atoms with E-state index in [1.54, 1.807) is 4.90 Å². The highest BCUT2D eigenvalue weighted by molar-refractivity contribution is 5.95. The Kier molecular flexibility index (Phi) is 3.12. The second-order valence-corrected chi connectivity index (χ2v) is 7.19. The van der Waals surface area contributed by atoms with Crippen molar-refractivity contribution in [2.75, 3.05) is 0 Å². The number of fused-ring (bicyclic) bond motifs is 2. The first-order chi connectivity index (χ1) is 11.2. The third-order valence-electron chi connectivity index (χ3n) is 6.03. The molecule has 1 amide bonds. The minimum atomic E-state index is -4.44. The molecule has 3 atom stereocenters. The summed E-state index contributed by atoms with van der Waals surface area (Å²) >= 11 is 0. The average Bonchev–Trinajstić information content (AvgIpc) is 3.01. The maximum absolute atomic E-state index is 12.9. The molecule has 1 spiro atoms. The maximum atomic E-state index is 12.9. The number of rotatable bonds is 0. The molecule has 3 unspecified atom stereocenters. The lowest BCUT2D eigenvalue weighted by atomic mass is 9.73. The Hall–Kier alpha value is -1.92. The molecule has 1 aromatic rings. The number of carbonyl (C=O) groups excluding carboxylic acids is 2. The fraction of sp³-hybridized carbons (Fsp3) is 0.588. The van der Waals surface area contributed by atoms with E-state index in [4.69, 9.17) is 0 Å². The number of halogens is 3. The highest BCUT2D eigenvalue weighted by atomic mass is 19.4. The SMILES string of the molecule is CC1C2Cc3ncc(C(F)(F)F)cc3CN2C(=O)C12CCC(=O)C2. The molecule has 4 nitrogen and oxygen atoms in total. The Morgan fingerprint density at radius 3 is 2.71 bits per heavy atom. The van der Waals surface area contributed by atoms with Crippen molar-refractivity contribution >= 4 is 11.7 Å². The minimum Gasteiger partial charge on any atom is -0.334 e. The first-order valence-corrected chi connectivity index (χ1v) is 8.10. The molecule has 2 fully saturated rings. The predicted octanol–water partition coefficient (Wildman–Crippen LogP) is 2.74. The van der Waals surface area contributed by atoms with Gasteiger partial charge in [-0.15, -0.1) is 0 Å². The van der Waals surface area contributed by atoms with E-state index in [0.717, 1.165) is 12.3 Å². The van der Waals surface area contributed by atoms with E-state index in [1.165, 1.54) is 0 Å². The molecule has 2 aliphatic heterocycles. The molecule has 1 saturated carbocycles. The molecule has 3 aliphatic rings. The Labute approximate surface area is 137 Å². The van der Waals surface area contributed by atoms with Crippen LogP contribution in [-0.4, -0.2) is 27.6 Å². The molecular weight excluding hydrogens is 321 g/mol. The highest BCUT2D eigenvalue weighted by Crippen LogP contribution is 2.53. The van der Waals surface area contributed by atoms with Crippen LogP contribution >= 0.6 is 0 Å². The van der Waals surface area contributed by atoms with Gasteiger partial charge in [-0.2, -0.15) is 13.2 Å². The quantitative estimate of drug-likeness (QED) is 0.731. The molecule has 0 aromatic carbocycles. The zero-order chi connectivity index (χ0) is 17.3. The van der Waals surface area contributed by atoms with Crippen LogP contribution in [0.15, 0.2) is 12.3 Å². The van der Waals surface area contributed by atoms with Gasteiger partial charge in [0.15, 0.2) is 0 Å². The molecule has 24 heavy (non-hydrogen) atoms. The van der Waals surface area contributed by atoms with Crippen LogP contribution in [0.2, 0.25) is 0 Å². The number of hydrogen-bond acceptors (Lipinski definition) is 3. The standard InChI is InChI=1S/C17H17F3N2O2/c1-9-14-5-13-10(4-11(7-21-13)17(18,19)20)8-22(14)15(24)16(9)3-2-12(23)6-16/h4,7,9,14H,2-3,5-6,8H2,1H3. The van der Waals surface area contributed by atoms with E-state index in [1.807, 2.05) is 6.92 Å². The number of hydrogen-bond donors (Lipinski definition) is 0. The van der Waals surface area contributed by atoms with Crippen molar-refractivity contribution < 1.29 is 22.8 Å². The molecular formula is C17H17F3N2O2. The van der Waals surface area contributed by atoms with Crippen molar-refractivity contribution in [3.05, 3.63) is 29.1 Å². The van der Waals surface area contributed by atoms with Gasteiger partial charge < -0.3 is 4.90 Å². The van der Waals surface area contributed by atoms with Gasteiger partial charge in [-0.1, -0.05) is 6.92 Å². The molecule has 4 rings (SSSR count). The van der Waals surface area contributed by atoms with Crippen LogP contribution in [0.5, 0.6) is 0 Å². The molecule has 0 N–H and O–H groups in total. The summed E-state index contributed by atoms with van der Waals surface area (Å²) in [6.07, 6.45) is -1.89. The van der Waals surface area contributed by atoms with E-state index >= 15 is 0 Å². The maximum Gasteiger partial charge on any atom is 0.417 e. The second-order valence-electron chi connectivity index (χ2n) is 7.19. The molecule has 1 saturated heterocycles. The molecule has 0 radical (unpaired) electrons. The minimum absolute atomic E-state index is 0.00805. The van der Waals surface area contributed by atoms with E-state index in [9.17, 15) is 22.8 Å².